The van der Waals surface area contributed by atoms with Crippen molar-refractivity contribution in [1.29, 1.82) is 0 Å². The Kier molecular flexibility index (Phi) is 2.70. The molecule has 1 aromatic rings. The molecule has 0 radical (unpaired) electrons. The summed E-state index contributed by atoms with van der Waals surface area (Å²) in [6.45, 7) is 8.70. The number of thiophene rings is 1. The summed E-state index contributed by atoms with van der Waals surface area (Å²) in [7, 11) is 0. The quantitative estimate of drug-likeness (QED) is 0.801. The number of Topliss-reactive ketones (excluding diaryl/α,β-unsaturated/α-hetero) is 1. The molecule has 4 heteroatoms. The lowest BCUT2D eigenvalue weighted by molar-refractivity contribution is -1.18. The molecule has 20 heavy (non-hydrogen) atoms. The van der Waals surface area contributed by atoms with E-state index >= 15 is 0 Å². The van der Waals surface area contributed by atoms with E-state index in [0.29, 0.717) is 11.9 Å². The predicted octanol–water partition coefficient (Wildman–Crippen LogP) is -0.0808. The van der Waals surface area contributed by atoms with Crippen molar-refractivity contribution < 1.29 is 14.6 Å². The van der Waals surface area contributed by atoms with Gasteiger partial charge in [0.15, 0.2) is 5.78 Å². The van der Waals surface area contributed by atoms with Crippen LogP contribution in [0.25, 0.3) is 0 Å². The van der Waals surface area contributed by atoms with Crippen LogP contribution in [0.3, 0.4) is 0 Å². The molecule has 0 spiro atoms. The van der Waals surface area contributed by atoms with Gasteiger partial charge < -0.3 is 0 Å². The molecule has 4 bridgehead atoms. The van der Waals surface area contributed by atoms with Gasteiger partial charge in [-0.3, -0.25) is 14.6 Å². The summed E-state index contributed by atoms with van der Waals surface area (Å²) >= 11 is 1.89. The van der Waals surface area contributed by atoms with Crippen LogP contribution in [0.2, 0.25) is 0 Å². The Morgan fingerprint density at radius 1 is 1.15 bits per heavy atom. The molecule has 0 atom stereocenters. The lowest BCUT2D eigenvalue weighted by Gasteiger charge is -2.60. The Morgan fingerprint density at radius 3 is 2.10 bits per heavy atom. The monoisotopic (exact) mass is 292 g/mol. The molecule has 5 heterocycles. The van der Waals surface area contributed by atoms with Crippen molar-refractivity contribution in [1.82, 2.24) is 0 Å². The third kappa shape index (κ3) is 1.45. The van der Waals surface area contributed by atoms with Crippen LogP contribution in [0, 0.1) is 10.8 Å². The molecule has 4 aliphatic heterocycles. The van der Waals surface area contributed by atoms with Gasteiger partial charge in [0.1, 0.15) is 41.9 Å². The first-order chi connectivity index (χ1) is 9.64. The first-order valence-corrected chi connectivity index (χ1v) is 8.79. The van der Waals surface area contributed by atoms with Crippen LogP contribution < -0.4 is 9.80 Å². The lowest BCUT2D eigenvalue weighted by Crippen LogP contribution is -3.41. The Labute approximate surface area is 124 Å². The second-order valence-electron chi connectivity index (χ2n) is 7.07. The van der Waals surface area contributed by atoms with Gasteiger partial charge in [0.05, 0.1) is 0 Å². The summed E-state index contributed by atoms with van der Waals surface area (Å²) < 4.78 is 0. The second-order valence-corrected chi connectivity index (χ2v) is 8.05. The average Bonchev–Trinajstić information content (AvgIpc) is 2.97. The van der Waals surface area contributed by atoms with Crippen LogP contribution in [-0.4, -0.2) is 32.0 Å². The van der Waals surface area contributed by atoms with Crippen molar-refractivity contribution in [3.63, 3.8) is 0 Å². The van der Waals surface area contributed by atoms with E-state index in [1.807, 2.05) is 11.3 Å². The summed E-state index contributed by atoms with van der Waals surface area (Å²) in [5, 5.41) is 2.19. The van der Waals surface area contributed by atoms with E-state index in [1.54, 1.807) is 9.80 Å². The van der Waals surface area contributed by atoms with Crippen LogP contribution in [-0.2, 0) is 4.79 Å². The van der Waals surface area contributed by atoms with Crippen molar-refractivity contribution in [3.8, 4) is 0 Å². The maximum Gasteiger partial charge on any atom is 0.249 e. The van der Waals surface area contributed by atoms with Gasteiger partial charge in [0.2, 0.25) is 6.17 Å². The first kappa shape index (κ1) is 13.0. The highest BCUT2D eigenvalue weighted by Crippen LogP contribution is 2.40. The summed E-state index contributed by atoms with van der Waals surface area (Å²) in [6, 6.07) is 4.46. The maximum atomic E-state index is 13.0. The van der Waals surface area contributed by atoms with Crippen LogP contribution in [0.1, 0.15) is 37.7 Å². The van der Waals surface area contributed by atoms with Gasteiger partial charge >= 0.3 is 0 Å². The van der Waals surface area contributed by atoms with Gasteiger partial charge in [0, 0.05) is 0 Å². The number of carbonyl (C=O) groups is 1. The first-order valence-electron chi connectivity index (χ1n) is 7.92. The number of ketones is 1. The molecular formula is C16H24N2OS+2. The Bertz CT molecular complexity index is 497. The van der Waals surface area contributed by atoms with Crippen LogP contribution in [0.15, 0.2) is 17.5 Å². The number of hydrogen-bond donors (Lipinski definition) is 2. The summed E-state index contributed by atoms with van der Waals surface area (Å²) in [5.41, 5.74) is -0.0458. The summed E-state index contributed by atoms with van der Waals surface area (Å²) in [6.07, 6.45) is 2.64. The van der Waals surface area contributed by atoms with Crippen LogP contribution >= 0.6 is 11.3 Å². The smallest absolute Gasteiger partial charge is 0.249 e. The number of nitrogens with one attached hydrogen (secondary N) is 2. The SMILES string of the molecule is CCC12C[NH+]3CC(CC)(C[NH+](C1)C3c1cccs1)C2=O. The van der Waals surface area contributed by atoms with Gasteiger partial charge in [-0.25, -0.2) is 0 Å². The number of carbonyl (C=O) groups excluding carboxylic acids is 1. The van der Waals surface area contributed by atoms with Gasteiger partial charge in [-0.1, -0.05) is 19.9 Å². The highest BCUT2D eigenvalue weighted by Gasteiger charge is 2.70. The minimum Gasteiger partial charge on any atom is -0.297 e. The number of rotatable bonds is 3. The minimum atomic E-state index is -0.0229. The molecule has 2 N–H and O–H groups in total. The topological polar surface area (TPSA) is 26.0 Å². The molecule has 1 aromatic heterocycles. The molecule has 5 rings (SSSR count). The molecule has 0 saturated carbocycles. The third-order valence-electron chi connectivity index (χ3n) is 6.22. The van der Waals surface area contributed by atoms with E-state index in [-0.39, 0.29) is 10.8 Å². The van der Waals surface area contributed by atoms with Gasteiger partial charge in [-0.05, 0) is 24.3 Å². The lowest BCUT2D eigenvalue weighted by atomic mass is 9.58. The van der Waals surface area contributed by atoms with E-state index in [9.17, 15) is 4.79 Å². The largest absolute Gasteiger partial charge is 0.297 e. The number of hydrogen-bond acceptors (Lipinski definition) is 2. The van der Waals surface area contributed by atoms with Gasteiger partial charge in [-0.2, -0.15) is 0 Å². The average molecular weight is 292 g/mol. The normalized spacial score (nSPS) is 46.1. The number of quaternary nitrogens is 2. The minimum absolute atomic E-state index is 0.0229. The second kappa shape index (κ2) is 4.15. The Morgan fingerprint density at radius 2 is 1.70 bits per heavy atom. The van der Waals surface area contributed by atoms with Gasteiger partial charge in [0.25, 0.3) is 0 Å². The van der Waals surface area contributed by atoms with Crippen LogP contribution in [0.5, 0.6) is 0 Å². The summed E-state index contributed by atoms with van der Waals surface area (Å²) in [4.78, 5) is 17.9. The Balaban J connectivity index is 1.77. The van der Waals surface area contributed by atoms with Crippen LogP contribution in [0.4, 0.5) is 0 Å². The van der Waals surface area contributed by atoms with Crippen molar-refractivity contribution in [3.05, 3.63) is 22.4 Å². The van der Waals surface area contributed by atoms with Crippen molar-refractivity contribution in [2.75, 3.05) is 26.2 Å². The predicted molar refractivity (Wildman–Crippen MR) is 78.9 cm³/mol. The van der Waals surface area contributed by atoms with Crippen molar-refractivity contribution in [2.24, 2.45) is 10.8 Å². The molecule has 0 amide bonds. The van der Waals surface area contributed by atoms with Crippen molar-refractivity contribution in [2.45, 2.75) is 32.9 Å². The van der Waals surface area contributed by atoms with E-state index in [4.69, 9.17) is 0 Å². The third-order valence-corrected chi connectivity index (χ3v) is 7.16. The van der Waals surface area contributed by atoms with Crippen molar-refractivity contribution >= 4 is 17.1 Å². The maximum absolute atomic E-state index is 13.0. The van der Waals surface area contributed by atoms with E-state index in [1.165, 1.54) is 4.88 Å². The van der Waals surface area contributed by atoms with E-state index in [2.05, 4.69) is 31.4 Å². The molecule has 108 valence electrons. The molecule has 0 aliphatic carbocycles. The fraction of sp³-hybridized carbons (Fsp3) is 0.688. The molecule has 3 nitrogen and oxygen atoms in total. The fourth-order valence-corrected chi connectivity index (χ4v) is 6.19. The zero-order valence-electron chi connectivity index (χ0n) is 12.4. The molecule has 4 saturated heterocycles. The standard InChI is InChI=1S/C16H22N2OS/c1-3-15-8-17-10-16(4-2,14(15)19)11-18(9-15)13(17)12-6-5-7-20-12/h5-7,13H,3-4,8-11H2,1-2H3/p+2. The fourth-order valence-electron chi connectivity index (χ4n) is 5.25. The highest BCUT2D eigenvalue weighted by atomic mass is 32.1. The zero-order valence-corrected chi connectivity index (χ0v) is 13.2. The molecule has 4 fully saturated rings. The van der Waals surface area contributed by atoms with E-state index < -0.39 is 0 Å². The molecule has 0 unspecified atom stereocenters. The Hall–Kier alpha value is -0.710. The highest BCUT2D eigenvalue weighted by molar-refractivity contribution is 7.09. The zero-order chi connectivity index (χ0) is 14.0. The summed E-state index contributed by atoms with van der Waals surface area (Å²) in [5.74, 6) is 0.604. The van der Waals surface area contributed by atoms with E-state index in [0.717, 1.165) is 39.0 Å². The molecule has 0 aromatic carbocycles. The molecule has 4 aliphatic rings. The number of piperidine rings is 2. The van der Waals surface area contributed by atoms with Gasteiger partial charge in [-0.15, -0.1) is 11.3 Å². The molecular weight excluding hydrogens is 268 g/mol.